The van der Waals surface area contributed by atoms with Crippen molar-refractivity contribution in [3.05, 3.63) is 71.0 Å². The summed E-state index contributed by atoms with van der Waals surface area (Å²) in [5.74, 6) is 0.227. The zero-order valence-corrected chi connectivity index (χ0v) is 15.2. The molecule has 0 fully saturated rings. The lowest BCUT2D eigenvalue weighted by atomic mass is 10.2. The number of nitrogens with one attached hydrogen (secondary N) is 1. The van der Waals surface area contributed by atoms with Gasteiger partial charge in [-0.1, -0.05) is 30.3 Å². The molecule has 3 rings (SSSR count). The number of carbonyl (C=O) groups is 1. The van der Waals surface area contributed by atoms with Gasteiger partial charge in [-0.3, -0.25) is 4.79 Å². The van der Waals surface area contributed by atoms with E-state index in [9.17, 15) is 9.18 Å². The van der Waals surface area contributed by atoms with E-state index in [0.717, 1.165) is 21.1 Å². The van der Waals surface area contributed by atoms with E-state index in [1.807, 2.05) is 43.3 Å². The zero-order valence-electron chi connectivity index (χ0n) is 14.4. The molecule has 4 nitrogen and oxygen atoms in total. The molecule has 0 radical (unpaired) electrons. The number of ether oxygens (including phenoxy) is 1. The first-order chi connectivity index (χ1) is 12.6. The van der Waals surface area contributed by atoms with Crippen molar-refractivity contribution in [1.82, 2.24) is 10.3 Å². The van der Waals surface area contributed by atoms with Crippen LogP contribution in [0, 0.1) is 12.7 Å². The monoisotopic (exact) mass is 370 g/mol. The number of halogens is 1. The third-order valence-corrected chi connectivity index (χ3v) is 5.02. The van der Waals surface area contributed by atoms with Gasteiger partial charge in [0.25, 0.3) is 5.91 Å². The van der Waals surface area contributed by atoms with Crippen LogP contribution in [0.4, 0.5) is 4.39 Å². The van der Waals surface area contributed by atoms with E-state index in [-0.39, 0.29) is 18.3 Å². The van der Waals surface area contributed by atoms with Gasteiger partial charge in [0.05, 0.1) is 5.69 Å². The molecule has 1 N–H and O–H groups in total. The number of nitrogens with zero attached hydrogens (tertiary/aromatic N) is 1. The molecule has 0 unspecified atom stereocenters. The molecule has 0 atom stereocenters. The van der Waals surface area contributed by atoms with Gasteiger partial charge in [-0.25, -0.2) is 9.37 Å². The van der Waals surface area contributed by atoms with Crippen molar-refractivity contribution in [1.29, 1.82) is 0 Å². The van der Waals surface area contributed by atoms with Gasteiger partial charge in [-0.15, -0.1) is 11.3 Å². The molecule has 3 aromatic rings. The maximum absolute atomic E-state index is 13.4. The Bertz CT molecular complexity index is 881. The molecule has 26 heavy (non-hydrogen) atoms. The van der Waals surface area contributed by atoms with Crippen LogP contribution in [0.3, 0.4) is 0 Å². The molecular weight excluding hydrogens is 351 g/mol. The molecule has 1 amide bonds. The summed E-state index contributed by atoms with van der Waals surface area (Å²) in [6.45, 7) is 2.41. The minimum atomic E-state index is -0.275. The Morgan fingerprint density at radius 1 is 1.19 bits per heavy atom. The molecule has 0 bridgehead atoms. The average Bonchev–Trinajstić information content (AvgIpc) is 3.02. The fourth-order valence-corrected chi connectivity index (χ4v) is 3.50. The summed E-state index contributed by atoms with van der Waals surface area (Å²) in [5, 5.41) is 3.63. The summed E-state index contributed by atoms with van der Waals surface area (Å²) in [6, 6.07) is 15.6. The Hall–Kier alpha value is -2.73. The number of thiazole rings is 1. The largest absolute Gasteiger partial charge is 0.484 e. The summed E-state index contributed by atoms with van der Waals surface area (Å²) in [4.78, 5) is 17.5. The Morgan fingerprint density at radius 3 is 2.77 bits per heavy atom. The van der Waals surface area contributed by atoms with Crippen LogP contribution in [0.1, 0.15) is 10.6 Å². The molecule has 1 aromatic heterocycles. The fourth-order valence-electron chi connectivity index (χ4n) is 2.44. The molecular formula is C20H19FN2O2S. The van der Waals surface area contributed by atoms with Crippen molar-refractivity contribution < 1.29 is 13.9 Å². The quantitative estimate of drug-likeness (QED) is 0.684. The maximum atomic E-state index is 13.4. The van der Waals surface area contributed by atoms with E-state index < -0.39 is 0 Å². The molecule has 2 aromatic carbocycles. The van der Waals surface area contributed by atoms with Crippen LogP contribution in [-0.2, 0) is 11.2 Å². The Morgan fingerprint density at radius 2 is 2.00 bits per heavy atom. The molecule has 0 spiro atoms. The Balaban J connectivity index is 1.50. The van der Waals surface area contributed by atoms with Crippen LogP contribution < -0.4 is 10.1 Å². The van der Waals surface area contributed by atoms with Gasteiger partial charge in [0.1, 0.15) is 16.6 Å². The number of hydrogen-bond acceptors (Lipinski definition) is 4. The highest BCUT2D eigenvalue weighted by molar-refractivity contribution is 7.15. The predicted octanol–water partition coefficient (Wildman–Crippen LogP) is 4.00. The summed E-state index contributed by atoms with van der Waals surface area (Å²) in [7, 11) is 0. The van der Waals surface area contributed by atoms with Crippen LogP contribution in [0.5, 0.6) is 5.75 Å². The van der Waals surface area contributed by atoms with Crippen molar-refractivity contribution in [3.63, 3.8) is 0 Å². The first kappa shape index (κ1) is 18.1. The number of aryl methyl sites for hydroxylation is 1. The van der Waals surface area contributed by atoms with Gasteiger partial charge in [-0.2, -0.15) is 0 Å². The number of amides is 1. The second-order valence-electron chi connectivity index (χ2n) is 5.74. The van der Waals surface area contributed by atoms with Gasteiger partial charge < -0.3 is 10.1 Å². The fraction of sp³-hybridized carbons (Fsp3) is 0.200. The first-order valence-corrected chi connectivity index (χ1v) is 9.10. The molecule has 0 saturated heterocycles. The standard InChI is InChI=1S/C20H19FN2O2S/c1-14-18(26-20(23-14)15-6-5-7-16(21)12-15)10-11-22-19(24)13-25-17-8-3-2-4-9-17/h2-9,12H,10-11,13H2,1H3,(H,22,24). The lowest BCUT2D eigenvalue weighted by Crippen LogP contribution is -2.30. The SMILES string of the molecule is Cc1nc(-c2cccc(F)c2)sc1CCNC(=O)COc1ccccc1. The molecule has 0 aliphatic carbocycles. The molecule has 0 aliphatic heterocycles. The van der Waals surface area contributed by atoms with Crippen LogP contribution in [-0.4, -0.2) is 24.0 Å². The van der Waals surface area contributed by atoms with Crippen molar-refractivity contribution in [3.8, 4) is 16.3 Å². The van der Waals surface area contributed by atoms with E-state index in [1.165, 1.54) is 23.5 Å². The summed E-state index contributed by atoms with van der Waals surface area (Å²) in [6.07, 6.45) is 0.676. The number of para-hydroxylation sites is 1. The first-order valence-electron chi connectivity index (χ1n) is 8.28. The van der Waals surface area contributed by atoms with E-state index >= 15 is 0 Å². The van der Waals surface area contributed by atoms with Crippen molar-refractivity contribution in [2.75, 3.05) is 13.2 Å². The number of carbonyl (C=O) groups excluding carboxylic acids is 1. The second-order valence-corrected chi connectivity index (χ2v) is 6.82. The minimum absolute atomic E-state index is 0.0137. The molecule has 6 heteroatoms. The number of rotatable bonds is 7. The van der Waals surface area contributed by atoms with Crippen LogP contribution >= 0.6 is 11.3 Å². The zero-order chi connectivity index (χ0) is 18.4. The predicted molar refractivity (Wildman–Crippen MR) is 101 cm³/mol. The molecule has 0 aliphatic rings. The summed E-state index contributed by atoms with van der Waals surface area (Å²) in [5.41, 5.74) is 1.67. The number of benzene rings is 2. The van der Waals surface area contributed by atoms with Crippen molar-refractivity contribution in [2.24, 2.45) is 0 Å². The van der Waals surface area contributed by atoms with E-state index in [4.69, 9.17) is 4.74 Å². The van der Waals surface area contributed by atoms with Gasteiger partial charge >= 0.3 is 0 Å². The highest BCUT2D eigenvalue weighted by atomic mass is 32.1. The maximum Gasteiger partial charge on any atom is 0.257 e. The van der Waals surface area contributed by atoms with Gasteiger partial charge in [0.2, 0.25) is 0 Å². The van der Waals surface area contributed by atoms with E-state index in [0.29, 0.717) is 18.7 Å². The lowest BCUT2D eigenvalue weighted by Gasteiger charge is -2.07. The highest BCUT2D eigenvalue weighted by Crippen LogP contribution is 2.28. The van der Waals surface area contributed by atoms with Gasteiger partial charge in [-0.05, 0) is 31.2 Å². The number of aromatic nitrogens is 1. The van der Waals surface area contributed by atoms with Gasteiger partial charge in [0, 0.05) is 23.4 Å². The smallest absolute Gasteiger partial charge is 0.257 e. The third kappa shape index (κ3) is 4.89. The van der Waals surface area contributed by atoms with Gasteiger partial charge in [0.15, 0.2) is 6.61 Å². The lowest BCUT2D eigenvalue weighted by molar-refractivity contribution is -0.123. The van der Waals surface area contributed by atoms with Crippen molar-refractivity contribution >= 4 is 17.2 Å². The summed E-state index contributed by atoms with van der Waals surface area (Å²) < 4.78 is 18.8. The average molecular weight is 370 g/mol. The molecule has 134 valence electrons. The Labute approximate surface area is 155 Å². The topological polar surface area (TPSA) is 51.2 Å². The van der Waals surface area contributed by atoms with Crippen LogP contribution in [0.2, 0.25) is 0 Å². The summed E-state index contributed by atoms with van der Waals surface area (Å²) >= 11 is 1.52. The normalized spacial score (nSPS) is 10.5. The van der Waals surface area contributed by atoms with Crippen LogP contribution in [0.25, 0.3) is 10.6 Å². The van der Waals surface area contributed by atoms with E-state index in [2.05, 4.69) is 10.3 Å². The van der Waals surface area contributed by atoms with Crippen LogP contribution in [0.15, 0.2) is 54.6 Å². The second kappa shape index (κ2) is 8.58. The van der Waals surface area contributed by atoms with Crippen molar-refractivity contribution in [2.45, 2.75) is 13.3 Å². The third-order valence-electron chi connectivity index (χ3n) is 3.75. The molecule has 1 heterocycles. The van der Waals surface area contributed by atoms with E-state index in [1.54, 1.807) is 6.07 Å². The minimum Gasteiger partial charge on any atom is -0.484 e. The number of hydrogen-bond donors (Lipinski definition) is 1. The molecule has 0 saturated carbocycles. The highest BCUT2D eigenvalue weighted by Gasteiger charge is 2.10. The Kier molecular flexibility index (Phi) is 5.96.